The molecule has 2 saturated heterocycles. The Kier molecular flexibility index (Phi) is 5.84. The van der Waals surface area contributed by atoms with E-state index < -0.39 is 5.60 Å². The summed E-state index contributed by atoms with van der Waals surface area (Å²) in [5.74, 6) is 0.345. The van der Waals surface area contributed by atoms with Crippen LogP contribution in [0.2, 0.25) is 0 Å². The molecule has 4 nitrogen and oxygen atoms in total. The average molecular weight is 285 g/mol. The van der Waals surface area contributed by atoms with Crippen LogP contribution in [-0.4, -0.2) is 49.2 Å². The van der Waals surface area contributed by atoms with Gasteiger partial charge >= 0.3 is 0 Å². The summed E-state index contributed by atoms with van der Waals surface area (Å²) in [6.07, 6.45) is 5.88. The van der Waals surface area contributed by atoms with Crippen LogP contribution in [0.4, 0.5) is 0 Å². The third-order valence-electron chi connectivity index (χ3n) is 5.01. The van der Waals surface area contributed by atoms with E-state index in [-0.39, 0.29) is 5.60 Å². The second-order valence-corrected chi connectivity index (χ2v) is 6.69. The molecule has 2 heterocycles. The van der Waals surface area contributed by atoms with Crippen LogP contribution in [0.15, 0.2) is 0 Å². The number of rotatable bonds is 6. The van der Waals surface area contributed by atoms with E-state index in [1.165, 1.54) is 0 Å². The van der Waals surface area contributed by atoms with E-state index in [0.717, 1.165) is 71.4 Å². The quantitative estimate of drug-likeness (QED) is 0.734. The van der Waals surface area contributed by atoms with Crippen LogP contribution < -0.4 is 5.32 Å². The molecular formula is C16H31NO3. The lowest BCUT2D eigenvalue weighted by molar-refractivity contribution is -0.173. The third kappa shape index (κ3) is 4.17. The molecule has 1 spiro atoms. The molecule has 0 aromatic carbocycles. The van der Waals surface area contributed by atoms with E-state index in [9.17, 15) is 5.11 Å². The topological polar surface area (TPSA) is 50.7 Å². The van der Waals surface area contributed by atoms with Gasteiger partial charge in [0.15, 0.2) is 0 Å². The van der Waals surface area contributed by atoms with Crippen molar-refractivity contribution in [2.75, 3.05) is 32.9 Å². The predicted molar refractivity (Wildman–Crippen MR) is 79.9 cm³/mol. The summed E-state index contributed by atoms with van der Waals surface area (Å²) in [5, 5.41) is 14.2. The highest BCUT2D eigenvalue weighted by Gasteiger charge is 2.44. The van der Waals surface area contributed by atoms with Gasteiger partial charge in [0.2, 0.25) is 0 Å². The van der Waals surface area contributed by atoms with Crippen LogP contribution in [-0.2, 0) is 9.47 Å². The molecule has 2 rings (SSSR count). The SMILES string of the molecule is CCCNCCC(C)(O)C1CCOC2(CCOCC2)C1. The molecular weight excluding hydrogens is 254 g/mol. The van der Waals surface area contributed by atoms with Gasteiger partial charge < -0.3 is 19.9 Å². The van der Waals surface area contributed by atoms with Gasteiger partial charge in [-0.15, -0.1) is 0 Å². The maximum absolute atomic E-state index is 10.8. The lowest BCUT2D eigenvalue weighted by Gasteiger charge is -2.47. The molecule has 0 radical (unpaired) electrons. The van der Waals surface area contributed by atoms with E-state index in [4.69, 9.17) is 9.47 Å². The van der Waals surface area contributed by atoms with E-state index in [1.807, 2.05) is 6.92 Å². The number of nitrogens with one attached hydrogen (secondary N) is 1. The third-order valence-corrected chi connectivity index (χ3v) is 5.01. The zero-order chi connectivity index (χ0) is 14.5. The van der Waals surface area contributed by atoms with Crippen LogP contribution >= 0.6 is 0 Å². The molecule has 4 heteroatoms. The zero-order valence-electron chi connectivity index (χ0n) is 13.1. The number of ether oxygens (including phenoxy) is 2. The Bertz CT molecular complexity index is 282. The van der Waals surface area contributed by atoms with Crippen molar-refractivity contribution in [3.63, 3.8) is 0 Å². The highest BCUT2D eigenvalue weighted by atomic mass is 16.5. The normalized spacial score (nSPS) is 29.2. The summed E-state index contributed by atoms with van der Waals surface area (Å²) in [4.78, 5) is 0. The van der Waals surface area contributed by atoms with Gasteiger partial charge in [0, 0.05) is 19.8 Å². The van der Waals surface area contributed by atoms with Crippen molar-refractivity contribution in [1.29, 1.82) is 0 Å². The van der Waals surface area contributed by atoms with E-state index >= 15 is 0 Å². The van der Waals surface area contributed by atoms with Gasteiger partial charge in [-0.25, -0.2) is 0 Å². The van der Waals surface area contributed by atoms with Crippen LogP contribution in [0.25, 0.3) is 0 Å². The monoisotopic (exact) mass is 285 g/mol. The summed E-state index contributed by atoms with van der Waals surface area (Å²) in [7, 11) is 0. The Morgan fingerprint density at radius 2 is 2.00 bits per heavy atom. The first-order chi connectivity index (χ1) is 9.58. The molecule has 2 atom stereocenters. The molecule has 0 aromatic rings. The van der Waals surface area contributed by atoms with Gasteiger partial charge in [0.25, 0.3) is 0 Å². The van der Waals surface area contributed by atoms with E-state index in [0.29, 0.717) is 5.92 Å². The van der Waals surface area contributed by atoms with Crippen molar-refractivity contribution in [2.45, 2.75) is 63.6 Å². The largest absolute Gasteiger partial charge is 0.390 e. The second-order valence-electron chi connectivity index (χ2n) is 6.69. The lowest BCUT2D eigenvalue weighted by atomic mass is 9.73. The molecule has 2 aliphatic rings. The zero-order valence-corrected chi connectivity index (χ0v) is 13.1. The molecule has 0 amide bonds. The van der Waals surface area contributed by atoms with Crippen molar-refractivity contribution in [1.82, 2.24) is 5.32 Å². The molecule has 2 unspecified atom stereocenters. The van der Waals surface area contributed by atoms with Gasteiger partial charge in [-0.05, 0) is 64.5 Å². The van der Waals surface area contributed by atoms with Crippen LogP contribution in [0.1, 0.15) is 52.4 Å². The van der Waals surface area contributed by atoms with Crippen molar-refractivity contribution in [2.24, 2.45) is 5.92 Å². The summed E-state index contributed by atoms with van der Waals surface area (Å²) in [6, 6.07) is 0. The van der Waals surface area contributed by atoms with Crippen LogP contribution in [0, 0.1) is 5.92 Å². The summed E-state index contributed by atoms with van der Waals surface area (Å²) in [6.45, 7) is 8.48. The summed E-state index contributed by atoms with van der Waals surface area (Å²) >= 11 is 0. The maximum Gasteiger partial charge on any atom is 0.0730 e. The van der Waals surface area contributed by atoms with Gasteiger partial charge in [-0.2, -0.15) is 0 Å². The first-order valence-corrected chi connectivity index (χ1v) is 8.23. The summed E-state index contributed by atoms with van der Waals surface area (Å²) in [5.41, 5.74) is -0.613. The van der Waals surface area contributed by atoms with Gasteiger partial charge in [-0.1, -0.05) is 6.92 Å². The molecule has 0 aliphatic carbocycles. The Morgan fingerprint density at radius 1 is 1.25 bits per heavy atom. The number of hydrogen-bond acceptors (Lipinski definition) is 4. The predicted octanol–water partition coefficient (Wildman–Crippen LogP) is 2.10. The Balaban J connectivity index is 1.86. The van der Waals surface area contributed by atoms with E-state index in [1.54, 1.807) is 0 Å². The minimum atomic E-state index is -0.587. The highest BCUT2D eigenvalue weighted by molar-refractivity contribution is 4.95. The molecule has 118 valence electrons. The fourth-order valence-corrected chi connectivity index (χ4v) is 3.50. The van der Waals surface area contributed by atoms with Crippen molar-refractivity contribution in [3.05, 3.63) is 0 Å². The molecule has 2 N–H and O–H groups in total. The lowest BCUT2D eigenvalue weighted by Crippen LogP contribution is -2.50. The summed E-state index contributed by atoms with van der Waals surface area (Å²) < 4.78 is 11.5. The molecule has 2 aliphatic heterocycles. The minimum absolute atomic E-state index is 0.0258. The van der Waals surface area contributed by atoms with Crippen molar-refractivity contribution < 1.29 is 14.6 Å². The molecule has 0 bridgehead atoms. The molecule has 0 saturated carbocycles. The van der Waals surface area contributed by atoms with Gasteiger partial charge in [-0.3, -0.25) is 0 Å². The highest BCUT2D eigenvalue weighted by Crippen LogP contribution is 2.41. The van der Waals surface area contributed by atoms with Crippen molar-refractivity contribution in [3.8, 4) is 0 Å². The first-order valence-electron chi connectivity index (χ1n) is 8.23. The minimum Gasteiger partial charge on any atom is -0.390 e. The van der Waals surface area contributed by atoms with Gasteiger partial charge in [0.1, 0.15) is 0 Å². The van der Waals surface area contributed by atoms with Crippen molar-refractivity contribution >= 4 is 0 Å². The molecule has 0 aromatic heterocycles. The second kappa shape index (κ2) is 7.21. The first kappa shape index (κ1) is 16.2. The van der Waals surface area contributed by atoms with Crippen LogP contribution in [0.3, 0.4) is 0 Å². The molecule has 2 fully saturated rings. The smallest absolute Gasteiger partial charge is 0.0730 e. The fraction of sp³-hybridized carbons (Fsp3) is 1.00. The Labute approximate surface area is 123 Å². The molecule has 20 heavy (non-hydrogen) atoms. The van der Waals surface area contributed by atoms with Crippen LogP contribution in [0.5, 0.6) is 0 Å². The van der Waals surface area contributed by atoms with Gasteiger partial charge in [0.05, 0.1) is 11.2 Å². The maximum atomic E-state index is 10.8. The Morgan fingerprint density at radius 3 is 2.70 bits per heavy atom. The Hall–Kier alpha value is -0.160. The fourth-order valence-electron chi connectivity index (χ4n) is 3.50. The van der Waals surface area contributed by atoms with E-state index in [2.05, 4.69) is 12.2 Å². The average Bonchev–Trinajstić information content (AvgIpc) is 2.45. The number of aliphatic hydroxyl groups is 1. The number of hydrogen-bond donors (Lipinski definition) is 2. The standard InChI is InChI=1S/C16H31NO3/c1-3-8-17-9-5-15(2,18)14-4-10-20-16(13-14)6-11-19-12-7-16/h14,17-18H,3-13H2,1-2H3.